The summed E-state index contributed by atoms with van der Waals surface area (Å²) in [6.45, 7) is 10.1. The molecule has 0 amide bonds. The fourth-order valence-corrected chi connectivity index (χ4v) is 4.97. The standard InChI is InChI=1S/C32H32FNO/c1-20(2)28-16-25(15-23-8-6-7-9-27(23)28)30-31-24(12-13-34-30)17-29(35-31)26-11-10-22(14-21(26)3)18-32(4,5)19-33/h6-17,20H,18-19H2,1-5H3. The van der Waals surface area contributed by atoms with Crippen LogP contribution in [-0.2, 0) is 6.42 Å². The zero-order chi connectivity index (χ0) is 24.7. The Kier molecular flexibility index (Phi) is 5.96. The van der Waals surface area contributed by atoms with Crippen LogP contribution in [0.25, 0.3) is 44.3 Å². The van der Waals surface area contributed by atoms with Crippen molar-refractivity contribution in [1.82, 2.24) is 4.98 Å². The first kappa shape index (κ1) is 23.3. The third kappa shape index (κ3) is 4.48. The van der Waals surface area contributed by atoms with E-state index in [1.807, 2.05) is 26.1 Å². The van der Waals surface area contributed by atoms with Crippen LogP contribution < -0.4 is 0 Å². The van der Waals surface area contributed by atoms with Crippen molar-refractivity contribution in [3.8, 4) is 22.6 Å². The minimum absolute atomic E-state index is 0.333. The molecule has 0 bridgehead atoms. The number of rotatable bonds is 6. The summed E-state index contributed by atoms with van der Waals surface area (Å²) in [6.07, 6.45) is 2.56. The van der Waals surface area contributed by atoms with E-state index in [0.717, 1.165) is 44.7 Å². The van der Waals surface area contributed by atoms with Crippen LogP contribution in [0, 0.1) is 12.3 Å². The maximum absolute atomic E-state index is 13.3. The highest BCUT2D eigenvalue weighted by Crippen LogP contribution is 2.38. The molecule has 0 radical (unpaired) electrons. The van der Waals surface area contributed by atoms with Gasteiger partial charge in [-0.25, -0.2) is 0 Å². The van der Waals surface area contributed by atoms with E-state index in [4.69, 9.17) is 9.40 Å². The molecule has 0 saturated heterocycles. The summed E-state index contributed by atoms with van der Waals surface area (Å²) in [5.41, 5.74) is 7.00. The molecule has 5 rings (SSSR count). The highest BCUT2D eigenvalue weighted by Gasteiger charge is 2.20. The van der Waals surface area contributed by atoms with E-state index in [1.54, 1.807) is 0 Å². The highest BCUT2D eigenvalue weighted by molar-refractivity contribution is 5.97. The smallest absolute Gasteiger partial charge is 0.161 e. The quantitative estimate of drug-likeness (QED) is 0.250. The highest BCUT2D eigenvalue weighted by atomic mass is 19.1. The third-order valence-corrected chi connectivity index (χ3v) is 6.82. The molecule has 3 aromatic carbocycles. The molecule has 0 aliphatic carbocycles. The first-order valence-corrected chi connectivity index (χ1v) is 12.3. The molecule has 3 heteroatoms. The van der Waals surface area contributed by atoms with E-state index < -0.39 is 0 Å². The first-order chi connectivity index (χ1) is 16.8. The minimum Gasteiger partial charge on any atom is -0.454 e. The maximum Gasteiger partial charge on any atom is 0.161 e. The van der Waals surface area contributed by atoms with Gasteiger partial charge in [-0.1, -0.05) is 70.2 Å². The van der Waals surface area contributed by atoms with Gasteiger partial charge in [-0.05, 0) is 76.4 Å². The van der Waals surface area contributed by atoms with Gasteiger partial charge in [0.2, 0.25) is 0 Å². The SMILES string of the molecule is Cc1cc(CC(C)(C)CF)ccc1-c1cc2ccnc(-c3cc(C(C)C)c4ccccc4c3)c2o1. The molecule has 2 nitrogen and oxygen atoms in total. The molecular weight excluding hydrogens is 433 g/mol. The minimum atomic E-state index is -0.359. The lowest BCUT2D eigenvalue weighted by atomic mass is 9.86. The normalized spacial score (nSPS) is 12.2. The molecule has 2 aromatic heterocycles. The van der Waals surface area contributed by atoms with Crippen molar-refractivity contribution in [2.75, 3.05) is 6.67 Å². The van der Waals surface area contributed by atoms with Gasteiger partial charge in [0.15, 0.2) is 5.58 Å². The summed E-state index contributed by atoms with van der Waals surface area (Å²) in [6, 6.07) is 23.4. The van der Waals surface area contributed by atoms with Gasteiger partial charge in [0.1, 0.15) is 11.5 Å². The lowest BCUT2D eigenvalue weighted by Gasteiger charge is -2.20. The lowest BCUT2D eigenvalue weighted by Crippen LogP contribution is -2.17. The van der Waals surface area contributed by atoms with Crippen molar-refractivity contribution in [2.24, 2.45) is 5.41 Å². The zero-order valence-electron chi connectivity index (χ0n) is 21.2. The fraction of sp³-hybridized carbons (Fsp3) is 0.281. The predicted molar refractivity (Wildman–Crippen MR) is 145 cm³/mol. The van der Waals surface area contributed by atoms with E-state index in [2.05, 4.69) is 81.4 Å². The molecule has 178 valence electrons. The van der Waals surface area contributed by atoms with Crippen molar-refractivity contribution in [3.63, 3.8) is 0 Å². The van der Waals surface area contributed by atoms with Gasteiger partial charge in [0, 0.05) is 22.7 Å². The Morgan fingerprint density at radius 2 is 1.74 bits per heavy atom. The van der Waals surface area contributed by atoms with Gasteiger partial charge in [-0.15, -0.1) is 0 Å². The monoisotopic (exact) mass is 465 g/mol. The van der Waals surface area contributed by atoms with Gasteiger partial charge >= 0.3 is 0 Å². The molecular formula is C32H32FNO. The van der Waals surface area contributed by atoms with Crippen LogP contribution in [0.2, 0.25) is 0 Å². The number of aromatic nitrogens is 1. The van der Waals surface area contributed by atoms with Crippen molar-refractivity contribution in [3.05, 3.63) is 89.6 Å². The van der Waals surface area contributed by atoms with Crippen LogP contribution in [0.4, 0.5) is 4.39 Å². The summed E-state index contributed by atoms with van der Waals surface area (Å²) in [7, 11) is 0. The van der Waals surface area contributed by atoms with Crippen molar-refractivity contribution in [1.29, 1.82) is 0 Å². The molecule has 0 N–H and O–H groups in total. The number of aryl methyl sites for hydroxylation is 1. The summed E-state index contributed by atoms with van der Waals surface area (Å²) in [5.74, 6) is 1.22. The van der Waals surface area contributed by atoms with Gasteiger partial charge in [-0.3, -0.25) is 9.37 Å². The molecule has 0 unspecified atom stereocenters. The molecule has 0 aliphatic heterocycles. The molecule has 0 aliphatic rings. The fourth-order valence-electron chi connectivity index (χ4n) is 4.97. The van der Waals surface area contributed by atoms with Crippen LogP contribution in [0.15, 0.2) is 77.3 Å². The Balaban J connectivity index is 1.60. The Hall–Kier alpha value is -3.46. The van der Waals surface area contributed by atoms with Crippen molar-refractivity contribution < 1.29 is 8.81 Å². The van der Waals surface area contributed by atoms with Gasteiger partial charge < -0.3 is 4.42 Å². The van der Waals surface area contributed by atoms with Crippen LogP contribution in [0.3, 0.4) is 0 Å². The van der Waals surface area contributed by atoms with Crippen LogP contribution in [0.1, 0.15) is 50.3 Å². The predicted octanol–water partition coefficient (Wildman–Crippen LogP) is 9.29. The molecule has 35 heavy (non-hydrogen) atoms. The number of pyridine rings is 1. The molecule has 0 saturated carbocycles. The number of alkyl halides is 1. The van der Waals surface area contributed by atoms with Crippen LogP contribution >= 0.6 is 0 Å². The van der Waals surface area contributed by atoms with Gasteiger partial charge in [0.05, 0.1) is 6.67 Å². The van der Waals surface area contributed by atoms with E-state index >= 15 is 0 Å². The van der Waals surface area contributed by atoms with E-state index in [0.29, 0.717) is 12.3 Å². The molecule has 0 spiro atoms. The summed E-state index contributed by atoms with van der Waals surface area (Å²) >= 11 is 0. The largest absolute Gasteiger partial charge is 0.454 e. The number of hydrogen-bond acceptors (Lipinski definition) is 2. The number of halogens is 1. The second-order valence-electron chi connectivity index (χ2n) is 10.8. The number of furan rings is 1. The topological polar surface area (TPSA) is 26.0 Å². The van der Waals surface area contributed by atoms with Crippen molar-refractivity contribution >= 4 is 21.7 Å². The zero-order valence-corrected chi connectivity index (χ0v) is 21.2. The maximum atomic E-state index is 13.3. The van der Waals surface area contributed by atoms with Crippen molar-refractivity contribution in [2.45, 2.75) is 47.0 Å². The lowest BCUT2D eigenvalue weighted by molar-refractivity contribution is 0.256. The summed E-state index contributed by atoms with van der Waals surface area (Å²) < 4.78 is 19.8. The van der Waals surface area contributed by atoms with E-state index in [1.165, 1.54) is 16.3 Å². The first-order valence-electron chi connectivity index (χ1n) is 12.3. The average Bonchev–Trinajstić information content (AvgIpc) is 3.27. The van der Waals surface area contributed by atoms with Gasteiger partial charge in [-0.2, -0.15) is 0 Å². The van der Waals surface area contributed by atoms with E-state index in [9.17, 15) is 4.39 Å². The molecule has 5 aromatic rings. The average molecular weight is 466 g/mol. The molecule has 0 fully saturated rings. The number of benzene rings is 3. The number of nitrogens with zero attached hydrogens (tertiary/aromatic N) is 1. The Labute approximate surface area is 206 Å². The second kappa shape index (κ2) is 8.96. The number of fused-ring (bicyclic) bond motifs is 2. The molecule has 2 heterocycles. The second-order valence-corrected chi connectivity index (χ2v) is 10.8. The Morgan fingerprint density at radius 3 is 2.49 bits per heavy atom. The Bertz CT molecular complexity index is 1530. The van der Waals surface area contributed by atoms with Gasteiger partial charge in [0.25, 0.3) is 0 Å². The third-order valence-electron chi connectivity index (χ3n) is 6.82. The Morgan fingerprint density at radius 1 is 0.943 bits per heavy atom. The molecule has 0 atom stereocenters. The number of hydrogen-bond donors (Lipinski definition) is 0. The summed E-state index contributed by atoms with van der Waals surface area (Å²) in [5, 5.41) is 3.53. The summed E-state index contributed by atoms with van der Waals surface area (Å²) in [4.78, 5) is 4.75. The van der Waals surface area contributed by atoms with Crippen LogP contribution in [0.5, 0.6) is 0 Å². The van der Waals surface area contributed by atoms with E-state index in [-0.39, 0.29) is 12.1 Å². The van der Waals surface area contributed by atoms with Crippen LogP contribution in [-0.4, -0.2) is 11.7 Å².